The first-order valence-corrected chi connectivity index (χ1v) is 9.14. The first-order chi connectivity index (χ1) is 15.0. The van der Waals surface area contributed by atoms with Gasteiger partial charge in [-0.2, -0.15) is 0 Å². The van der Waals surface area contributed by atoms with Crippen LogP contribution >= 0.6 is 0 Å². The molecule has 0 aliphatic heterocycles. The van der Waals surface area contributed by atoms with Gasteiger partial charge in [0.05, 0.1) is 32.0 Å². The molecule has 9 heteroatoms. The van der Waals surface area contributed by atoms with Crippen LogP contribution in [-0.4, -0.2) is 19.4 Å². The first-order valence-electron chi connectivity index (χ1n) is 9.14. The van der Waals surface area contributed by atoms with Crippen LogP contribution in [0.2, 0.25) is 0 Å². The molecule has 0 atom stereocenters. The molecule has 4 aromatic rings. The van der Waals surface area contributed by atoms with E-state index in [0.29, 0.717) is 16.5 Å². The molecule has 0 saturated heterocycles. The van der Waals surface area contributed by atoms with Crippen LogP contribution in [0.25, 0.3) is 28.7 Å². The van der Waals surface area contributed by atoms with Crippen molar-refractivity contribution in [3.05, 3.63) is 115 Å². The Morgan fingerprint density at radius 3 is 2.35 bits per heavy atom. The van der Waals surface area contributed by atoms with Gasteiger partial charge in [-0.1, -0.05) is 30.3 Å². The molecule has 1 aromatic heterocycles. The molecule has 4 rings (SSSR count). The largest absolute Gasteiger partial charge is 0.276 e. The van der Waals surface area contributed by atoms with Crippen molar-refractivity contribution >= 4 is 34.4 Å². The van der Waals surface area contributed by atoms with Gasteiger partial charge in [-0.15, -0.1) is 0 Å². The van der Waals surface area contributed by atoms with Crippen molar-refractivity contribution in [3.8, 4) is 5.69 Å². The SMILES string of the molecule is O=c1c2ccccc2nc(/C=C/c2ccccc2[N+](=O)[O-])n1-c1cccc([N+](=O)[O-])c1. The zero-order valence-electron chi connectivity index (χ0n) is 15.9. The quantitative estimate of drug-likeness (QED) is 0.353. The smallest absolute Gasteiger partial charge is 0.268 e. The summed E-state index contributed by atoms with van der Waals surface area (Å²) in [5.41, 5.74) is 0.361. The Balaban J connectivity index is 1.96. The van der Waals surface area contributed by atoms with Gasteiger partial charge in [0.2, 0.25) is 0 Å². The average Bonchev–Trinajstić information content (AvgIpc) is 2.78. The molecule has 0 fully saturated rings. The summed E-state index contributed by atoms with van der Waals surface area (Å²) < 4.78 is 1.25. The highest BCUT2D eigenvalue weighted by Gasteiger charge is 2.15. The predicted octanol–water partition coefficient (Wildman–Crippen LogP) is 4.37. The number of hydrogen-bond acceptors (Lipinski definition) is 6. The summed E-state index contributed by atoms with van der Waals surface area (Å²) in [5.74, 6) is 0.183. The predicted molar refractivity (Wildman–Crippen MR) is 116 cm³/mol. The van der Waals surface area contributed by atoms with E-state index < -0.39 is 15.4 Å². The number of rotatable bonds is 5. The fourth-order valence-electron chi connectivity index (χ4n) is 3.22. The topological polar surface area (TPSA) is 121 Å². The third-order valence-electron chi connectivity index (χ3n) is 4.65. The van der Waals surface area contributed by atoms with Gasteiger partial charge in [0.1, 0.15) is 5.82 Å². The van der Waals surface area contributed by atoms with Gasteiger partial charge in [-0.05, 0) is 36.4 Å². The maximum absolute atomic E-state index is 13.2. The number of hydrogen-bond donors (Lipinski definition) is 0. The van der Waals surface area contributed by atoms with Crippen molar-refractivity contribution < 1.29 is 9.85 Å². The van der Waals surface area contributed by atoms with Crippen LogP contribution < -0.4 is 5.56 Å². The molecule has 9 nitrogen and oxygen atoms in total. The molecule has 0 spiro atoms. The van der Waals surface area contributed by atoms with Gasteiger partial charge < -0.3 is 0 Å². The number of non-ortho nitro benzene ring substituents is 1. The second-order valence-electron chi connectivity index (χ2n) is 6.55. The Hall–Kier alpha value is -4.66. The summed E-state index contributed by atoms with van der Waals surface area (Å²) in [6, 6.07) is 18.5. The summed E-state index contributed by atoms with van der Waals surface area (Å²) in [5, 5.41) is 22.8. The van der Waals surface area contributed by atoms with Gasteiger partial charge in [0.25, 0.3) is 16.9 Å². The molecule has 0 aliphatic rings. The lowest BCUT2D eigenvalue weighted by molar-refractivity contribution is -0.385. The van der Waals surface area contributed by atoms with Gasteiger partial charge in [-0.3, -0.25) is 29.6 Å². The summed E-state index contributed by atoms with van der Waals surface area (Å²) in [6.07, 6.45) is 2.97. The minimum atomic E-state index is -0.550. The third kappa shape index (κ3) is 3.79. The summed E-state index contributed by atoms with van der Waals surface area (Å²) in [7, 11) is 0. The Kier molecular flexibility index (Phi) is 5.07. The lowest BCUT2D eigenvalue weighted by Gasteiger charge is -2.11. The highest BCUT2D eigenvalue weighted by Crippen LogP contribution is 2.22. The van der Waals surface area contributed by atoms with Crippen LogP contribution in [0.3, 0.4) is 0 Å². The lowest BCUT2D eigenvalue weighted by Crippen LogP contribution is -2.22. The minimum absolute atomic E-state index is 0.0937. The monoisotopic (exact) mass is 414 g/mol. The third-order valence-corrected chi connectivity index (χ3v) is 4.65. The number of nitro benzene ring substituents is 2. The standard InChI is InChI=1S/C22H14N4O5/c27-22-18-9-2-3-10-19(18)23-21(13-12-15-6-1-4-11-20(15)26(30)31)24(22)16-7-5-8-17(14-16)25(28)29/h1-14H/b13-12+. The van der Waals surface area contributed by atoms with E-state index in [9.17, 15) is 25.0 Å². The number of benzene rings is 3. The summed E-state index contributed by atoms with van der Waals surface area (Å²) >= 11 is 0. The van der Waals surface area contributed by atoms with E-state index in [1.165, 1.54) is 41.0 Å². The summed E-state index contributed by atoms with van der Waals surface area (Å²) in [4.78, 5) is 39.2. The minimum Gasteiger partial charge on any atom is -0.268 e. The summed E-state index contributed by atoms with van der Waals surface area (Å²) in [6.45, 7) is 0. The number of aromatic nitrogens is 2. The van der Waals surface area contributed by atoms with Crippen LogP contribution in [0.15, 0.2) is 77.6 Å². The molecular weight excluding hydrogens is 400 g/mol. The fraction of sp³-hybridized carbons (Fsp3) is 0. The van der Waals surface area contributed by atoms with E-state index in [2.05, 4.69) is 4.98 Å². The lowest BCUT2D eigenvalue weighted by atomic mass is 10.1. The van der Waals surface area contributed by atoms with Crippen molar-refractivity contribution in [1.82, 2.24) is 9.55 Å². The van der Waals surface area contributed by atoms with Crippen molar-refractivity contribution in [2.45, 2.75) is 0 Å². The molecule has 0 saturated carbocycles. The van der Waals surface area contributed by atoms with E-state index in [1.807, 2.05) is 0 Å². The van der Waals surface area contributed by atoms with E-state index in [0.717, 1.165) is 0 Å². The average molecular weight is 414 g/mol. The van der Waals surface area contributed by atoms with Gasteiger partial charge >= 0.3 is 0 Å². The van der Waals surface area contributed by atoms with Crippen LogP contribution in [0.1, 0.15) is 11.4 Å². The van der Waals surface area contributed by atoms with Crippen molar-refractivity contribution in [3.63, 3.8) is 0 Å². The Morgan fingerprint density at radius 2 is 1.58 bits per heavy atom. The first kappa shape index (κ1) is 19.6. The molecule has 0 N–H and O–H groups in total. The zero-order chi connectivity index (χ0) is 22.0. The van der Waals surface area contributed by atoms with Gasteiger partial charge in [0, 0.05) is 18.2 Å². The van der Waals surface area contributed by atoms with Crippen molar-refractivity contribution in [1.29, 1.82) is 0 Å². The highest BCUT2D eigenvalue weighted by molar-refractivity contribution is 5.80. The molecule has 152 valence electrons. The van der Waals surface area contributed by atoms with E-state index >= 15 is 0 Å². The van der Waals surface area contributed by atoms with E-state index in [-0.39, 0.29) is 22.9 Å². The Labute approximate surface area is 174 Å². The zero-order valence-corrected chi connectivity index (χ0v) is 15.9. The van der Waals surface area contributed by atoms with Crippen LogP contribution in [-0.2, 0) is 0 Å². The van der Waals surface area contributed by atoms with Crippen LogP contribution in [0.5, 0.6) is 0 Å². The Bertz CT molecular complexity index is 1430. The second-order valence-corrected chi connectivity index (χ2v) is 6.55. The molecular formula is C22H14N4O5. The maximum Gasteiger partial charge on any atom is 0.276 e. The molecule has 0 radical (unpaired) electrons. The van der Waals surface area contributed by atoms with E-state index in [1.54, 1.807) is 48.5 Å². The van der Waals surface area contributed by atoms with Gasteiger partial charge in [-0.25, -0.2) is 4.98 Å². The molecule has 0 aliphatic carbocycles. The van der Waals surface area contributed by atoms with Crippen LogP contribution in [0.4, 0.5) is 11.4 Å². The number of para-hydroxylation sites is 2. The normalized spacial score (nSPS) is 11.1. The molecule has 0 unspecified atom stereocenters. The molecule has 3 aromatic carbocycles. The molecule has 0 amide bonds. The number of nitrogens with zero attached hydrogens (tertiary/aromatic N) is 4. The van der Waals surface area contributed by atoms with E-state index in [4.69, 9.17) is 0 Å². The molecule has 1 heterocycles. The Morgan fingerprint density at radius 1 is 0.839 bits per heavy atom. The fourth-order valence-corrected chi connectivity index (χ4v) is 3.22. The van der Waals surface area contributed by atoms with Crippen molar-refractivity contribution in [2.75, 3.05) is 0 Å². The second kappa shape index (κ2) is 7.99. The number of fused-ring (bicyclic) bond motifs is 1. The maximum atomic E-state index is 13.2. The highest BCUT2D eigenvalue weighted by atomic mass is 16.6. The van der Waals surface area contributed by atoms with Crippen LogP contribution in [0, 0.1) is 20.2 Å². The molecule has 31 heavy (non-hydrogen) atoms. The number of nitro groups is 2. The van der Waals surface area contributed by atoms with Gasteiger partial charge in [0.15, 0.2) is 0 Å². The van der Waals surface area contributed by atoms with Crippen molar-refractivity contribution in [2.24, 2.45) is 0 Å². The molecule has 0 bridgehead atoms.